The summed E-state index contributed by atoms with van der Waals surface area (Å²) in [5, 5.41) is 11.4. The van der Waals surface area contributed by atoms with Crippen molar-refractivity contribution in [2.24, 2.45) is 0 Å². The van der Waals surface area contributed by atoms with Crippen molar-refractivity contribution in [1.82, 2.24) is 4.98 Å². The summed E-state index contributed by atoms with van der Waals surface area (Å²) in [4.78, 5) is 6.68. The minimum Gasteiger partial charge on any atom is -0.456 e. The van der Waals surface area contributed by atoms with Gasteiger partial charge in [0.15, 0.2) is 0 Å². The molecular weight excluding hydrogens is 625 g/mol. The second-order valence-electron chi connectivity index (χ2n) is 13.3. The lowest BCUT2D eigenvalue weighted by molar-refractivity contribution is 0.669. The van der Waals surface area contributed by atoms with E-state index < -0.39 is 0 Å². The van der Waals surface area contributed by atoms with E-state index in [4.69, 9.17) is 8.83 Å². The first-order chi connectivity index (χ1) is 25.2. The number of para-hydroxylation sites is 2. The van der Waals surface area contributed by atoms with E-state index in [1.807, 2.05) is 42.7 Å². The van der Waals surface area contributed by atoms with Crippen molar-refractivity contribution >= 4 is 93.3 Å². The first-order valence-corrected chi connectivity index (χ1v) is 17.2. The molecule has 11 aromatic rings. The molecule has 0 radical (unpaired) electrons. The molecule has 0 aliphatic carbocycles. The predicted molar refractivity (Wildman–Crippen MR) is 211 cm³/mol. The number of pyridine rings is 1. The van der Waals surface area contributed by atoms with Crippen LogP contribution >= 0.6 is 0 Å². The summed E-state index contributed by atoms with van der Waals surface area (Å²) in [5.74, 6) is 0. The van der Waals surface area contributed by atoms with Gasteiger partial charge >= 0.3 is 0 Å². The molecule has 0 spiro atoms. The van der Waals surface area contributed by atoms with Crippen LogP contribution in [-0.4, -0.2) is 4.98 Å². The largest absolute Gasteiger partial charge is 0.456 e. The standard InChI is InChI=1S/C47H28N2O2/c1-3-7-44-40(5-1)42-24-34-22-38(17-13-32(34)26-46(42)50-44)49(37-15-11-29(12-16-37)31-10-9-30-19-20-48-28-36(30)21-31)39-18-14-33-27-47-43(25-35(33)23-39)41-6-2-4-8-45(41)51-47/h1-28H. The fraction of sp³-hybridized carbons (Fsp3) is 0. The van der Waals surface area contributed by atoms with Crippen molar-refractivity contribution in [2.45, 2.75) is 0 Å². The van der Waals surface area contributed by atoms with Gasteiger partial charge in [-0.05, 0) is 123 Å². The zero-order valence-electron chi connectivity index (χ0n) is 27.4. The number of aromatic nitrogens is 1. The minimum absolute atomic E-state index is 0.904. The quantitative estimate of drug-likeness (QED) is 0.190. The molecule has 0 bridgehead atoms. The molecule has 0 N–H and O–H groups in total. The van der Waals surface area contributed by atoms with Crippen molar-refractivity contribution < 1.29 is 8.83 Å². The Labute approximate surface area is 292 Å². The molecule has 238 valence electrons. The SMILES string of the molecule is c1ccc2c(c1)oc1cc3ccc(N(c4ccc(-c5ccc6ccncc6c5)cc4)c4ccc5cc6oc7ccccc7c6cc5c4)cc3cc12. The van der Waals surface area contributed by atoms with E-state index in [-0.39, 0.29) is 0 Å². The average Bonchev–Trinajstić information content (AvgIpc) is 3.73. The smallest absolute Gasteiger partial charge is 0.136 e. The Morgan fingerprint density at radius 2 is 0.902 bits per heavy atom. The zero-order valence-corrected chi connectivity index (χ0v) is 27.4. The molecule has 0 amide bonds. The van der Waals surface area contributed by atoms with Gasteiger partial charge in [-0.1, -0.05) is 72.8 Å². The Bertz CT molecular complexity index is 3000. The number of nitrogens with zero attached hydrogens (tertiary/aromatic N) is 2. The Morgan fingerprint density at radius 3 is 1.53 bits per heavy atom. The highest BCUT2D eigenvalue weighted by molar-refractivity contribution is 6.12. The van der Waals surface area contributed by atoms with Gasteiger partial charge in [-0.25, -0.2) is 0 Å². The summed E-state index contributed by atoms with van der Waals surface area (Å²) in [7, 11) is 0. The van der Waals surface area contributed by atoms with E-state index in [9.17, 15) is 0 Å². The van der Waals surface area contributed by atoms with E-state index in [1.54, 1.807) is 0 Å². The molecule has 0 saturated heterocycles. The van der Waals surface area contributed by atoms with Gasteiger partial charge in [0.05, 0.1) is 0 Å². The van der Waals surface area contributed by atoms with Gasteiger partial charge in [0, 0.05) is 56.4 Å². The number of furan rings is 2. The molecule has 4 heteroatoms. The predicted octanol–water partition coefficient (Wildman–Crippen LogP) is 13.5. The fourth-order valence-electron chi connectivity index (χ4n) is 7.70. The van der Waals surface area contributed by atoms with Gasteiger partial charge in [-0.2, -0.15) is 0 Å². The molecular formula is C47H28N2O2. The molecule has 0 saturated carbocycles. The first kappa shape index (κ1) is 28.0. The summed E-state index contributed by atoms with van der Waals surface area (Å²) < 4.78 is 12.4. The maximum atomic E-state index is 6.22. The number of rotatable bonds is 4. The van der Waals surface area contributed by atoms with Crippen LogP contribution in [0.15, 0.2) is 179 Å². The Balaban J connectivity index is 1.08. The Morgan fingerprint density at radius 1 is 0.353 bits per heavy atom. The van der Waals surface area contributed by atoms with Crippen LogP contribution in [0.3, 0.4) is 0 Å². The summed E-state index contributed by atoms with van der Waals surface area (Å²) in [6.07, 6.45) is 3.76. The molecule has 3 heterocycles. The van der Waals surface area contributed by atoms with Crippen molar-refractivity contribution in [3.8, 4) is 11.1 Å². The highest BCUT2D eigenvalue weighted by atomic mass is 16.3. The molecule has 8 aromatic carbocycles. The molecule has 0 atom stereocenters. The van der Waals surface area contributed by atoms with Crippen LogP contribution in [-0.2, 0) is 0 Å². The third kappa shape index (κ3) is 4.50. The van der Waals surface area contributed by atoms with E-state index in [1.165, 1.54) is 5.39 Å². The summed E-state index contributed by atoms with van der Waals surface area (Å²) in [6.45, 7) is 0. The van der Waals surface area contributed by atoms with Gasteiger partial charge in [0.25, 0.3) is 0 Å². The van der Waals surface area contributed by atoms with Crippen LogP contribution in [0.25, 0.3) is 87.3 Å². The van der Waals surface area contributed by atoms with Crippen LogP contribution in [0.5, 0.6) is 0 Å². The van der Waals surface area contributed by atoms with Crippen molar-refractivity contribution in [1.29, 1.82) is 0 Å². The molecule has 0 unspecified atom stereocenters. The number of anilines is 3. The van der Waals surface area contributed by atoms with Gasteiger partial charge in [-0.15, -0.1) is 0 Å². The second-order valence-corrected chi connectivity index (χ2v) is 13.3. The summed E-state index contributed by atoms with van der Waals surface area (Å²) in [5.41, 5.74) is 9.17. The van der Waals surface area contributed by atoms with E-state index >= 15 is 0 Å². The average molecular weight is 653 g/mol. The zero-order chi connectivity index (χ0) is 33.5. The minimum atomic E-state index is 0.904. The lowest BCUT2D eigenvalue weighted by Crippen LogP contribution is -2.09. The Kier molecular flexibility index (Phi) is 5.92. The number of benzene rings is 8. The van der Waals surface area contributed by atoms with Crippen molar-refractivity contribution in [3.63, 3.8) is 0 Å². The van der Waals surface area contributed by atoms with E-state index in [0.717, 1.165) is 99.0 Å². The van der Waals surface area contributed by atoms with Gasteiger partial charge < -0.3 is 13.7 Å². The van der Waals surface area contributed by atoms with Crippen LogP contribution in [0.1, 0.15) is 0 Å². The highest BCUT2D eigenvalue weighted by Crippen LogP contribution is 2.41. The second kappa shape index (κ2) is 10.8. The van der Waals surface area contributed by atoms with Crippen molar-refractivity contribution in [2.75, 3.05) is 4.90 Å². The fourth-order valence-corrected chi connectivity index (χ4v) is 7.70. The number of hydrogen-bond donors (Lipinski definition) is 0. The van der Waals surface area contributed by atoms with Gasteiger partial charge in [0.1, 0.15) is 22.3 Å². The normalized spacial score (nSPS) is 11.9. The Hall–Kier alpha value is -6.91. The number of hydrogen-bond acceptors (Lipinski definition) is 4. The number of fused-ring (bicyclic) bond motifs is 9. The van der Waals surface area contributed by atoms with Crippen LogP contribution < -0.4 is 4.90 Å². The van der Waals surface area contributed by atoms with Crippen LogP contribution in [0.2, 0.25) is 0 Å². The molecule has 4 nitrogen and oxygen atoms in total. The lowest BCUT2D eigenvalue weighted by atomic mass is 10.0. The first-order valence-electron chi connectivity index (χ1n) is 17.2. The third-order valence-electron chi connectivity index (χ3n) is 10.3. The summed E-state index contributed by atoms with van der Waals surface area (Å²) in [6, 6.07) is 56.2. The monoisotopic (exact) mass is 652 g/mol. The molecule has 51 heavy (non-hydrogen) atoms. The highest BCUT2D eigenvalue weighted by Gasteiger charge is 2.17. The molecule has 0 aliphatic heterocycles. The maximum absolute atomic E-state index is 6.22. The van der Waals surface area contributed by atoms with Crippen molar-refractivity contribution in [3.05, 3.63) is 170 Å². The van der Waals surface area contributed by atoms with Gasteiger partial charge in [0.2, 0.25) is 0 Å². The molecule has 3 aromatic heterocycles. The van der Waals surface area contributed by atoms with E-state index in [2.05, 4.69) is 137 Å². The third-order valence-corrected chi connectivity index (χ3v) is 10.3. The topological polar surface area (TPSA) is 42.4 Å². The maximum Gasteiger partial charge on any atom is 0.136 e. The molecule has 11 rings (SSSR count). The molecule has 0 aliphatic rings. The molecule has 0 fully saturated rings. The van der Waals surface area contributed by atoms with Crippen LogP contribution in [0.4, 0.5) is 17.1 Å². The lowest BCUT2D eigenvalue weighted by Gasteiger charge is -2.26. The van der Waals surface area contributed by atoms with Gasteiger partial charge in [-0.3, -0.25) is 4.98 Å². The van der Waals surface area contributed by atoms with E-state index in [0.29, 0.717) is 0 Å². The van der Waals surface area contributed by atoms with Crippen LogP contribution in [0, 0.1) is 0 Å². The summed E-state index contributed by atoms with van der Waals surface area (Å²) >= 11 is 0.